The average molecular weight is 576 g/mol. The first-order valence-corrected chi connectivity index (χ1v) is 12.5. The van der Waals surface area contributed by atoms with Gasteiger partial charge in [0.2, 0.25) is 5.72 Å². The number of hydrogen-bond acceptors (Lipinski definition) is 5. The second-order valence-electron chi connectivity index (χ2n) is 8.03. The van der Waals surface area contributed by atoms with E-state index in [1.54, 1.807) is 0 Å². The number of hydrazone groups is 1. The van der Waals surface area contributed by atoms with Gasteiger partial charge in [0.15, 0.2) is 0 Å². The molecule has 34 heavy (non-hydrogen) atoms. The molecule has 2 aliphatic rings. The molecule has 168 valence electrons. The first-order chi connectivity index (χ1) is 16.7. The first-order valence-electron chi connectivity index (χ1n) is 10.9. The average Bonchev–Trinajstić information content (AvgIpc) is 3.43. The van der Waals surface area contributed by atoms with Gasteiger partial charge in [-0.1, -0.05) is 97.6 Å². The maximum absolute atomic E-state index is 6.75. The van der Waals surface area contributed by atoms with E-state index < -0.39 is 5.72 Å². The number of rotatable bonds is 4. The lowest BCUT2D eigenvalue weighted by Crippen LogP contribution is -2.54. The van der Waals surface area contributed by atoms with Crippen LogP contribution < -0.4 is 10.1 Å². The summed E-state index contributed by atoms with van der Waals surface area (Å²) < 4.78 is 8.79. The number of fused-ring (bicyclic) bond motifs is 1. The minimum absolute atomic E-state index is 0.370. The molecule has 0 aromatic heterocycles. The number of benzene rings is 4. The fourth-order valence-electron chi connectivity index (χ4n) is 4.43. The topological polar surface area (TPSA) is 31.3 Å². The van der Waals surface area contributed by atoms with Crippen LogP contribution in [0.4, 0.5) is 11.4 Å². The molecule has 0 radical (unpaired) electrons. The van der Waals surface area contributed by atoms with Crippen LogP contribution in [-0.2, 0) is 10.5 Å². The van der Waals surface area contributed by atoms with Crippen molar-refractivity contribution in [2.45, 2.75) is 5.72 Å². The van der Waals surface area contributed by atoms with Gasteiger partial charge in [0.25, 0.3) is 0 Å². The summed E-state index contributed by atoms with van der Waals surface area (Å²) in [5.41, 5.74) is 3.87. The third-order valence-electron chi connectivity index (χ3n) is 6.00. The van der Waals surface area contributed by atoms with Crippen molar-refractivity contribution in [2.75, 3.05) is 16.9 Å². The Kier molecular flexibility index (Phi) is 5.50. The van der Waals surface area contributed by atoms with E-state index >= 15 is 0 Å². The van der Waals surface area contributed by atoms with Crippen LogP contribution in [0.15, 0.2) is 123 Å². The fraction of sp³-hybridized carbons (Fsp3) is 0.0741. The van der Waals surface area contributed by atoms with Crippen molar-refractivity contribution in [3.63, 3.8) is 0 Å². The Balaban J connectivity index is 1.59. The Bertz CT molecular complexity index is 1330. The van der Waals surface area contributed by atoms with Gasteiger partial charge in [0.1, 0.15) is 12.4 Å². The van der Waals surface area contributed by atoms with Gasteiger partial charge in [-0.05, 0) is 48.5 Å². The van der Waals surface area contributed by atoms with Gasteiger partial charge < -0.3 is 4.74 Å². The minimum atomic E-state index is -0.928. The summed E-state index contributed by atoms with van der Waals surface area (Å²) in [7, 11) is 0. The van der Waals surface area contributed by atoms with Gasteiger partial charge in [-0.3, -0.25) is 5.01 Å². The zero-order chi connectivity index (χ0) is 23.1. The summed E-state index contributed by atoms with van der Waals surface area (Å²) in [5.74, 6) is 0. The monoisotopic (exact) mass is 574 g/mol. The zero-order valence-electron chi connectivity index (χ0n) is 18.1. The van der Waals surface area contributed by atoms with Crippen molar-refractivity contribution in [3.05, 3.63) is 129 Å². The number of hydrazine groups is 2. The van der Waals surface area contributed by atoms with E-state index in [1.807, 2.05) is 65.8 Å². The van der Waals surface area contributed by atoms with Crippen LogP contribution in [-0.4, -0.2) is 17.6 Å². The van der Waals surface area contributed by atoms with Crippen LogP contribution in [0.25, 0.3) is 0 Å². The Hall–Kier alpha value is -2.97. The van der Waals surface area contributed by atoms with Crippen LogP contribution in [0.3, 0.4) is 0 Å². The Labute approximate surface area is 215 Å². The van der Waals surface area contributed by atoms with Crippen molar-refractivity contribution < 1.29 is 4.74 Å². The molecule has 2 heterocycles. The third-order valence-corrected chi connectivity index (χ3v) is 7.05. The number of nitrogens with zero attached hydrogens (tertiary/aromatic N) is 4. The standard InChI is InChI=1S/C27H20Br2N4O/c28-22-11-15-24(16-12-22)31-19-34-27(21-9-5-2-6-10-21)26(20-7-3-1-4-8-20)30-32(33(27)31)25-17-13-23(29)14-18-25/h1-18H,19H2. The molecule has 0 N–H and O–H groups in total. The minimum Gasteiger partial charge on any atom is -0.325 e. The molecule has 4 aromatic carbocycles. The molecule has 6 rings (SSSR count). The van der Waals surface area contributed by atoms with Crippen LogP contribution in [0.5, 0.6) is 0 Å². The van der Waals surface area contributed by atoms with E-state index in [2.05, 4.69) is 90.5 Å². The quantitative estimate of drug-likeness (QED) is 0.264. The molecule has 0 spiro atoms. The van der Waals surface area contributed by atoms with Gasteiger partial charge in [0.05, 0.1) is 11.4 Å². The normalized spacial score (nSPS) is 19.9. The molecule has 1 unspecified atom stereocenters. The molecule has 2 aliphatic heterocycles. The summed E-state index contributed by atoms with van der Waals surface area (Å²) in [4.78, 5) is 0. The largest absolute Gasteiger partial charge is 0.325 e. The molecule has 0 aliphatic carbocycles. The highest BCUT2D eigenvalue weighted by Crippen LogP contribution is 2.48. The number of ether oxygens (including phenoxy) is 1. The van der Waals surface area contributed by atoms with Crippen molar-refractivity contribution in [3.8, 4) is 0 Å². The van der Waals surface area contributed by atoms with Crippen molar-refractivity contribution >= 4 is 48.9 Å². The van der Waals surface area contributed by atoms with Crippen LogP contribution >= 0.6 is 31.9 Å². The maximum Gasteiger partial charge on any atom is 0.233 e. The molecular weight excluding hydrogens is 556 g/mol. The Morgan fingerprint density at radius 2 is 1.24 bits per heavy atom. The van der Waals surface area contributed by atoms with E-state index in [9.17, 15) is 0 Å². The smallest absolute Gasteiger partial charge is 0.233 e. The molecular formula is C27H20Br2N4O. The lowest BCUT2D eigenvalue weighted by Gasteiger charge is -2.38. The molecule has 1 atom stereocenters. The summed E-state index contributed by atoms with van der Waals surface area (Å²) in [6, 6.07) is 36.9. The van der Waals surface area contributed by atoms with E-state index in [4.69, 9.17) is 9.84 Å². The molecule has 1 fully saturated rings. The predicted molar refractivity (Wildman–Crippen MR) is 142 cm³/mol. The number of halogens is 2. The summed E-state index contributed by atoms with van der Waals surface area (Å²) in [5, 5.41) is 11.4. The molecule has 5 nitrogen and oxygen atoms in total. The SMILES string of the molecule is Brc1ccc(N2COC3(c4ccccc4)C(c4ccccc4)=NN(c4ccc(Br)cc4)N23)cc1. The van der Waals surface area contributed by atoms with Crippen molar-refractivity contribution in [1.29, 1.82) is 0 Å². The summed E-state index contributed by atoms with van der Waals surface area (Å²) in [6.07, 6.45) is 0. The van der Waals surface area contributed by atoms with Crippen LogP contribution in [0.2, 0.25) is 0 Å². The Morgan fingerprint density at radius 3 is 1.85 bits per heavy atom. The highest BCUT2D eigenvalue weighted by molar-refractivity contribution is 9.10. The fourth-order valence-corrected chi connectivity index (χ4v) is 4.96. The molecule has 0 amide bonds. The number of anilines is 2. The van der Waals surface area contributed by atoms with Gasteiger partial charge >= 0.3 is 0 Å². The lowest BCUT2D eigenvalue weighted by molar-refractivity contribution is -0.0201. The lowest BCUT2D eigenvalue weighted by atomic mass is 9.93. The van der Waals surface area contributed by atoms with Crippen LogP contribution in [0, 0.1) is 0 Å². The molecule has 7 heteroatoms. The van der Waals surface area contributed by atoms with E-state index in [0.717, 1.165) is 37.2 Å². The third kappa shape index (κ3) is 3.47. The maximum atomic E-state index is 6.75. The van der Waals surface area contributed by atoms with Gasteiger partial charge in [-0.2, -0.15) is 10.2 Å². The summed E-state index contributed by atoms with van der Waals surface area (Å²) in [6.45, 7) is 0.370. The van der Waals surface area contributed by atoms with Crippen molar-refractivity contribution in [2.24, 2.45) is 5.10 Å². The van der Waals surface area contributed by atoms with Crippen molar-refractivity contribution in [1.82, 2.24) is 5.12 Å². The predicted octanol–water partition coefficient (Wildman–Crippen LogP) is 6.92. The first kappa shape index (κ1) is 21.6. The van der Waals surface area contributed by atoms with Gasteiger partial charge in [-0.15, -0.1) is 0 Å². The number of hydrogen-bond donors (Lipinski definition) is 0. The second kappa shape index (κ2) is 8.67. The zero-order valence-corrected chi connectivity index (χ0v) is 21.2. The molecule has 1 saturated heterocycles. The second-order valence-corrected chi connectivity index (χ2v) is 9.86. The van der Waals surface area contributed by atoms with E-state index in [-0.39, 0.29) is 0 Å². The molecule has 0 bridgehead atoms. The summed E-state index contributed by atoms with van der Waals surface area (Å²) >= 11 is 7.11. The highest BCUT2D eigenvalue weighted by atomic mass is 79.9. The van der Waals surface area contributed by atoms with Gasteiger partial charge in [0, 0.05) is 20.1 Å². The van der Waals surface area contributed by atoms with Gasteiger partial charge in [-0.25, -0.2) is 0 Å². The highest BCUT2D eigenvalue weighted by Gasteiger charge is 2.60. The van der Waals surface area contributed by atoms with E-state index in [1.165, 1.54) is 0 Å². The van der Waals surface area contributed by atoms with Crippen LogP contribution in [0.1, 0.15) is 11.1 Å². The Morgan fingerprint density at radius 1 is 0.676 bits per heavy atom. The van der Waals surface area contributed by atoms with E-state index in [0.29, 0.717) is 6.73 Å². The molecule has 0 saturated carbocycles. The molecule has 4 aromatic rings.